The van der Waals surface area contributed by atoms with E-state index in [-0.39, 0.29) is 23.2 Å². The molecule has 86 valence electrons. The van der Waals surface area contributed by atoms with Crippen molar-refractivity contribution in [1.82, 2.24) is 5.32 Å². The molecule has 0 bridgehead atoms. The van der Waals surface area contributed by atoms with Gasteiger partial charge in [-0.3, -0.25) is 0 Å². The smallest absolute Gasteiger partial charge is 0.201 e. The van der Waals surface area contributed by atoms with Gasteiger partial charge in [0.1, 0.15) is 0 Å². The van der Waals surface area contributed by atoms with Gasteiger partial charge in [0, 0.05) is 30.3 Å². The summed E-state index contributed by atoms with van der Waals surface area (Å²) in [5.41, 5.74) is 7.20. The molecule has 0 saturated heterocycles. The standard InChI is InChI=1S/C11H14N2O3/c1-2-13-7-5-9(12)16-11-6(7)3-4-8(14)10(11)15/h4-5,13-15H,2-3,12H2,1H3. The molecule has 5 nitrogen and oxygen atoms in total. The molecule has 1 heterocycles. The van der Waals surface area contributed by atoms with E-state index in [0.717, 1.165) is 17.8 Å². The Hall–Kier alpha value is -2.04. The summed E-state index contributed by atoms with van der Waals surface area (Å²) in [7, 11) is 0. The molecule has 0 saturated carbocycles. The van der Waals surface area contributed by atoms with Crippen LogP contribution in [0.3, 0.4) is 0 Å². The number of aliphatic hydroxyl groups is 2. The first kappa shape index (κ1) is 10.5. The Morgan fingerprint density at radius 3 is 2.94 bits per heavy atom. The number of allylic oxidation sites excluding steroid dienone is 3. The number of hydrogen-bond acceptors (Lipinski definition) is 5. The van der Waals surface area contributed by atoms with E-state index in [9.17, 15) is 10.2 Å². The van der Waals surface area contributed by atoms with Crippen molar-refractivity contribution in [1.29, 1.82) is 0 Å². The zero-order valence-electron chi connectivity index (χ0n) is 8.95. The summed E-state index contributed by atoms with van der Waals surface area (Å²) in [6, 6.07) is 0. The molecule has 0 unspecified atom stereocenters. The van der Waals surface area contributed by atoms with E-state index < -0.39 is 0 Å². The van der Waals surface area contributed by atoms with Gasteiger partial charge >= 0.3 is 0 Å². The van der Waals surface area contributed by atoms with Gasteiger partial charge in [-0.05, 0) is 13.0 Å². The SMILES string of the molecule is CCNC1=C2CC=C(O)C(O)=C2OC(N)=C1. The summed E-state index contributed by atoms with van der Waals surface area (Å²) in [6.45, 7) is 2.71. The lowest BCUT2D eigenvalue weighted by atomic mass is 9.99. The molecule has 0 atom stereocenters. The molecule has 5 N–H and O–H groups in total. The summed E-state index contributed by atoms with van der Waals surface area (Å²) in [5, 5.41) is 22.2. The third-order valence-electron chi connectivity index (χ3n) is 2.43. The molecular formula is C11H14N2O3. The minimum atomic E-state index is -0.271. The van der Waals surface area contributed by atoms with Gasteiger partial charge in [-0.1, -0.05) is 0 Å². The van der Waals surface area contributed by atoms with Crippen molar-refractivity contribution >= 4 is 0 Å². The van der Waals surface area contributed by atoms with Gasteiger partial charge in [-0.2, -0.15) is 0 Å². The molecule has 0 aromatic heterocycles. The molecule has 0 aromatic carbocycles. The fourth-order valence-electron chi connectivity index (χ4n) is 1.71. The van der Waals surface area contributed by atoms with Crippen LogP contribution < -0.4 is 11.1 Å². The van der Waals surface area contributed by atoms with E-state index in [4.69, 9.17) is 10.5 Å². The van der Waals surface area contributed by atoms with E-state index in [1.165, 1.54) is 6.08 Å². The highest BCUT2D eigenvalue weighted by Gasteiger charge is 2.26. The predicted molar refractivity (Wildman–Crippen MR) is 59.0 cm³/mol. The lowest BCUT2D eigenvalue weighted by molar-refractivity contribution is 0.241. The van der Waals surface area contributed by atoms with E-state index in [1.807, 2.05) is 6.92 Å². The Balaban J connectivity index is 2.48. The number of fused-ring (bicyclic) bond motifs is 1. The van der Waals surface area contributed by atoms with Crippen LogP contribution in [0.2, 0.25) is 0 Å². The highest BCUT2D eigenvalue weighted by atomic mass is 16.5. The number of likely N-dealkylation sites (N-methyl/N-ethyl adjacent to an activating group) is 1. The highest BCUT2D eigenvalue weighted by molar-refractivity contribution is 5.48. The monoisotopic (exact) mass is 222 g/mol. The van der Waals surface area contributed by atoms with Gasteiger partial charge in [-0.15, -0.1) is 0 Å². The maximum atomic E-state index is 9.67. The van der Waals surface area contributed by atoms with Gasteiger partial charge in [0.05, 0.1) is 0 Å². The molecular weight excluding hydrogens is 208 g/mol. The van der Waals surface area contributed by atoms with Crippen molar-refractivity contribution in [3.8, 4) is 0 Å². The summed E-state index contributed by atoms with van der Waals surface area (Å²) < 4.78 is 5.22. The molecule has 0 spiro atoms. The first-order valence-corrected chi connectivity index (χ1v) is 5.08. The Labute approximate surface area is 93.2 Å². The molecule has 2 aliphatic rings. The molecule has 1 aliphatic heterocycles. The van der Waals surface area contributed by atoms with E-state index >= 15 is 0 Å². The molecule has 0 aromatic rings. The Morgan fingerprint density at radius 1 is 1.50 bits per heavy atom. The quantitative estimate of drug-likeness (QED) is 0.565. The van der Waals surface area contributed by atoms with Gasteiger partial charge in [0.2, 0.25) is 5.76 Å². The number of rotatable bonds is 2. The third-order valence-corrected chi connectivity index (χ3v) is 2.43. The summed E-state index contributed by atoms with van der Waals surface area (Å²) in [5.74, 6) is -0.0242. The van der Waals surface area contributed by atoms with Gasteiger partial charge in [-0.25, -0.2) is 0 Å². The second-order valence-corrected chi connectivity index (χ2v) is 3.54. The average Bonchev–Trinajstić information content (AvgIpc) is 2.24. The third kappa shape index (κ3) is 1.60. The van der Waals surface area contributed by atoms with Crippen molar-refractivity contribution in [2.75, 3.05) is 6.54 Å². The fourth-order valence-corrected chi connectivity index (χ4v) is 1.71. The first-order valence-electron chi connectivity index (χ1n) is 5.08. The van der Waals surface area contributed by atoms with Gasteiger partial charge in [0.15, 0.2) is 17.4 Å². The van der Waals surface area contributed by atoms with Gasteiger partial charge in [0.25, 0.3) is 0 Å². The second-order valence-electron chi connectivity index (χ2n) is 3.54. The van der Waals surface area contributed by atoms with Crippen LogP contribution in [0.4, 0.5) is 0 Å². The van der Waals surface area contributed by atoms with Crippen LogP contribution in [0.5, 0.6) is 0 Å². The summed E-state index contributed by atoms with van der Waals surface area (Å²) in [4.78, 5) is 0. The summed E-state index contributed by atoms with van der Waals surface area (Å²) >= 11 is 0. The fraction of sp³-hybridized carbons (Fsp3) is 0.273. The number of nitrogens with one attached hydrogen (secondary N) is 1. The van der Waals surface area contributed by atoms with Crippen molar-refractivity contribution in [2.45, 2.75) is 13.3 Å². The van der Waals surface area contributed by atoms with Crippen molar-refractivity contribution < 1.29 is 14.9 Å². The van der Waals surface area contributed by atoms with Crippen LogP contribution in [0.15, 0.2) is 46.6 Å². The number of ether oxygens (including phenoxy) is 1. The first-order chi connectivity index (χ1) is 7.63. The maximum Gasteiger partial charge on any atom is 0.201 e. The van der Waals surface area contributed by atoms with Crippen LogP contribution in [0.25, 0.3) is 0 Å². The molecule has 0 radical (unpaired) electrons. The maximum absolute atomic E-state index is 9.67. The van der Waals surface area contributed by atoms with Crippen LogP contribution in [-0.2, 0) is 4.74 Å². The Morgan fingerprint density at radius 2 is 2.25 bits per heavy atom. The van der Waals surface area contributed by atoms with E-state index in [0.29, 0.717) is 6.42 Å². The lowest BCUT2D eigenvalue weighted by Crippen LogP contribution is -2.22. The minimum Gasteiger partial charge on any atom is -0.504 e. The molecule has 16 heavy (non-hydrogen) atoms. The normalized spacial score (nSPS) is 19.8. The molecule has 0 amide bonds. The van der Waals surface area contributed by atoms with Crippen LogP contribution >= 0.6 is 0 Å². The molecule has 5 heteroatoms. The molecule has 1 aliphatic carbocycles. The largest absolute Gasteiger partial charge is 0.504 e. The molecule has 0 fully saturated rings. The second kappa shape index (κ2) is 3.84. The number of hydrogen-bond donors (Lipinski definition) is 4. The predicted octanol–water partition coefficient (Wildman–Crippen LogP) is 1.30. The zero-order valence-corrected chi connectivity index (χ0v) is 8.95. The Kier molecular flexibility index (Phi) is 2.52. The van der Waals surface area contributed by atoms with Crippen molar-refractivity contribution in [2.24, 2.45) is 5.73 Å². The van der Waals surface area contributed by atoms with Crippen LogP contribution in [0, 0.1) is 0 Å². The van der Waals surface area contributed by atoms with Crippen molar-refractivity contribution in [3.63, 3.8) is 0 Å². The minimum absolute atomic E-state index is 0.177. The Bertz CT molecular complexity index is 444. The topological polar surface area (TPSA) is 87.7 Å². The van der Waals surface area contributed by atoms with Crippen LogP contribution in [-0.4, -0.2) is 16.8 Å². The summed E-state index contributed by atoms with van der Waals surface area (Å²) in [6.07, 6.45) is 3.70. The number of nitrogens with two attached hydrogens (primary N) is 1. The molecule has 2 rings (SSSR count). The number of aliphatic hydroxyl groups excluding tert-OH is 2. The van der Waals surface area contributed by atoms with Crippen molar-refractivity contribution in [3.05, 3.63) is 46.6 Å². The average molecular weight is 222 g/mol. The van der Waals surface area contributed by atoms with Gasteiger partial charge < -0.3 is 26.0 Å². The highest BCUT2D eigenvalue weighted by Crippen LogP contribution is 2.33. The lowest BCUT2D eigenvalue weighted by Gasteiger charge is -2.24. The van der Waals surface area contributed by atoms with E-state index in [1.54, 1.807) is 6.08 Å². The van der Waals surface area contributed by atoms with Crippen LogP contribution in [0.1, 0.15) is 13.3 Å². The van der Waals surface area contributed by atoms with E-state index in [2.05, 4.69) is 5.32 Å². The zero-order chi connectivity index (χ0) is 11.7.